The van der Waals surface area contributed by atoms with Gasteiger partial charge in [-0.1, -0.05) is 11.6 Å². The van der Waals surface area contributed by atoms with Crippen LogP contribution in [-0.4, -0.2) is 26.6 Å². The van der Waals surface area contributed by atoms with Gasteiger partial charge in [0.15, 0.2) is 12.4 Å². The number of methoxy groups -OCH3 is 2. The molecule has 2 rings (SSSR count). The number of ether oxygens (including phenoxy) is 3. The highest BCUT2D eigenvalue weighted by Crippen LogP contribution is 2.45. The number of halogens is 1. The first-order valence-corrected chi connectivity index (χ1v) is 4.67. The van der Waals surface area contributed by atoms with Gasteiger partial charge in [-0.05, 0) is 0 Å². The van der Waals surface area contributed by atoms with E-state index < -0.39 is 0 Å². The molecule has 15 heavy (non-hydrogen) atoms. The third-order valence-electron chi connectivity index (χ3n) is 2.22. The normalized spacial score (nSPS) is 13.4. The van der Waals surface area contributed by atoms with Crippen molar-refractivity contribution in [2.24, 2.45) is 0 Å². The van der Waals surface area contributed by atoms with Crippen LogP contribution in [-0.2, 0) is 0 Å². The molecule has 1 aliphatic rings. The quantitative estimate of drug-likeness (QED) is 0.776. The van der Waals surface area contributed by atoms with Crippen molar-refractivity contribution in [3.05, 3.63) is 16.7 Å². The van der Waals surface area contributed by atoms with Crippen molar-refractivity contribution in [3.8, 4) is 17.2 Å². The molecule has 0 saturated heterocycles. The van der Waals surface area contributed by atoms with Crippen molar-refractivity contribution in [1.29, 1.82) is 0 Å². The van der Waals surface area contributed by atoms with E-state index >= 15 is 0 Å². The molecule has 0 N–H and O–H groups in total. The second-order valence-corrected chi connectivity index (χ2v) is 3.39. The average molecular weight is 229 g/mol. The van der Waals surface area contributed by atoms with Gasteiger partial charge in [0.1, 0.15) is 22.1 Å². The number of fused-ring (bicyclic) bond motifs is 1. The van der Waals surface area contributed by atoms with E-state index in [2.05, 4.69) is 0 Å². The molecule has 0 saturated carbocycles. The van der Waals surface area contributed by atoms with Gasteiger partial charge in [0.2, 0.25) is 5.78 Å². The first kappa shape index (κ1) is 10.1. The van der Waals surface area contributed by atoms with Crippen LogP contribution in [0.15, 0.2) is 6.07 Å². The Hall–Kier alpha value is -1.42. The van der Waals surface area contributed by atoms with E-state index in [0.717, 1.165) is 0 Å². The molecular formula is C10H9ClO4. The Morgan fingerprint density at radius 2 is 2.00 bits per heavy atom. The Morgan fingerprint density at radius 1 is 1.33 bits per heavy atom. The maximum absolute atomic E-state index is 11.5. The molecule has 0 atom stereocenters. The Kier molecular flexibility index (Phi) is 2.44. The maximum atomic E-state index is 11.5. The molecule has 1 aliphatic heterocycles. The molecule has 0 aromatic heterocycles. The lowest BCUT2D eigenvalue weighted by Crippen LogP contribution is -2.00. The second kappa shape index (κ2) is 3.62. The number of ketones is 1. The standard InChI is InChI=1S/C10H9ClO4/c1-13-6-3-7(14-2)9(11)10-8(6)5(12)4-15-10/h3H,4H2,1-2H3. The summed E-state index contributed by atoms with van der Waals surface area (Å²) >= 11 is 5.99. The summed E-state index contributed by atoms with van der Waals surface area (Å²) in [6.45, 7) is -0.00141. The fourth-order valence-electron chi connectivity index (χ4n) is 1.51. The lowest BCUT2D eigenvalue weighted by molar-refractivity contribution is 0.0959. The molecule has 1 aromatic carbocycles. The van der Waals surface area contributed by atoms with Crippen molar-refractivity contribution < 1.29 is 19.0 Å². The van der Waals surface area contributed by atoms with Crippen LogP contribution < -0.4 is 14.2 Å². The minimum Gasteiger partial charge on any atom is -0.496 e. The highest BCUT2D eigenvalue weighted by atomic mass is 35.5. The molecule has 0 spiro atoms. The van der Waals surface area contributed by atoms with Crippen molar-refractivity contribution in [2.45, 2.75) is 0 Å². The van der Waals surface area contributed by atoms with Crippen LogP contribution in [0, 0.1) is 0 Å². The van der Waals surface area contributed by atoms with Crippen molar-refractivity contribution in [1.82, 2.24) is 0 Å². The molecule has 80 valence electrons. The lowest BCUT2D eigenvalue weighted by Gasteiger charge is -2.10. The van der Waals surface area contributed by atoms with Crippen LogP contribution in [0.5, 0.6) is 17.2 Å². The third-order valence-corrected chi connectivity index (χ3v) is 2.58. The summed E-state index contributed by atoms with van der Waals surface area (Å²) in [5.74, 6) is 1.07. The van der Waals surface area contributed by atoms with Crippen LogP contribution in [0.2, 0.25) is 5.02 Å². The Labute approximate surface area is 91.7 Å². The van der Waals surface area contributed by atoms with E-state index in [9.17, 15) is 4.79 Å². The molecule has 5 heteroatoms. The van der Waals surface area contributed by atoms with E-state index in [-0.39, 0.29) is 12.4 Å². The summed E-state index contributed by atoms with van der Waals surface area (Å²) < 4.78 is 15.3. The van der Waals surface area contributed by atoms with E-state index in [1.165, 1.54) is 14.2 Å². The fourth-order valence-corrected chi connectivity index (χ4v) is 1.79. The van der Waals surface area contributed by atoms with Gasteiger partial charge in [-0.25, -0.2) is 0 Å². The van der Waals surface area contributed by atoms with Crippen LogP contribution in [0.4, 0.5) is 0 Å². The van der Waals surface area contributed by atoms with E-state index in [4.69, 9.17) is 25.8 Å². The van der Waals surface area contributed by atoms with Gasteiger partial charge in [0, 0.05) is 6.07 Å². The van der Waals surface area contributed by atoms with E-state index in [1.807, 2.05) is 0 Å². The number of Topliss-reactive ketones (excluding diaryl/α,β-unsaturated/α-hetero) is 1. The summed E-state index contributed by atoms with van der Waals surface area (Å²) in [6, 6.07) is 1.58. The Morgan fingerprint density at radius 3 is 2.60 bits per heavy atom. The molecule has 0 aliphatic carbocycles. The zero-order valence-corrected chi connectivity index (χ0v) is 9.05. The molecule has 1 aromatic rings. The molecule has 0 amide bonds. The molecule has 4 nitrogen and oxygen atoms in total. The summed E-state index contributed by atoms with van der Waals surface area (Å²) in [4.78, 5) is 11.5. The Bertz CT molecular complexity index is 428. The number of carbonyl (C=O) groups is 1. The number of rotatable bonds is 2. The minimum atomic E-state index is -0.133. The molecule has 1 heterocycles. The van der Waals surface area contributed by atoms with Crippen molar-refractivity contribution in [2.75, 3.05) is 20.8 Å². The summed E-state index contributed by atoms with van der Waals surface area (Å²) in [5, 5.41) is 0.305. The summed E-state index contributed by atoms with van der Waals surface area (Å²) in [7, 11) is 2.97. The lowest BCUT2D eigenvalue weighted by atomic mass is 10.1. The fraction of sp³-hybridized carbons (Fsp3) is 0.300. The highest BCUT2D eigenvalue weighted by molar-refractivity contribution is 6.34. The molecular weight excluding hydrogens is 220 g/mol. The topological polar surface area (TPSA) is 44.8 Å². The zero-order valence-electron chi connectivity index (χ0n) is 8.30. The number of benzene rings is 1. The third kappa shape index (κ3) is 1.41. The van der Waals surface area contributed by atoms with Crippen molar-refractivity contribution >= 4 is 17.4 Å². The minimum absolute atomic E-state index is 0.00141. The first-order valence-electron chi connectivity index (χ1n) is 4.29. The maximum Gasteiger partial charge on any atom is 0.207 e. The van der Waals surface area contributed by atoms with Gasteiger partial charge < -0.3 is 14.2 Å². The van der Waals surface area contributed by atoms with E-state index in [0.29, 0.717) is 27.8 Å². The van der Waals surface area contributed by atoms with Gasteiger partial charge in [-0.3, -0.25) is 4.79 Å². The molecule has 0 radical (unpaired) electrons. The predicted molar refractivity (Wildman–Crippen MR) is 54.4 cm³/mol. The largest absolute Gasteiger partial charge is 0.496 e. The molecule has 0 unspecified atom stereocenters. The monoisotopic (exact) mass is 228 g/mol. The zero-order chi connectivity index (χ0) is 11.0. The van der Waals surface area contributed by atoms with Crippen LogP contribution in [0.1, 0.15) is 10.4 Å². The van der Waals surface area contributed by atoms with Gasteiger partial charge >= 0.3 is 0 Å². The van der Waals surface area contributed by atoms with Gasteiger partial charge in [-0.15, -0.1) is 0 Å². The molecule has 0 bridgehead atoms. The highest BCUT2D eigenvalue weighted by Gasteiger charge is 2.30. The number of hydrogen-bond donors (Lipinski definition) is 0. The number of hydrogen-bond acceptors (Lipinski definition) is 4. The average Bonchev–Trinajstić information content (AvgIpc) is 2.63. The molecule has 0 fully saturated rings. The van der Waals surface area contributed by atoms with Crippen molar-refractivity contribution in [3.63, 3.8) is 0 Å². The first-order chi connectivity index (χ1) is 7.19. The van der Waals surface area contributed by atoms with Crippen LogP contribution in [0.25, 0.3) is 0 Å². The second-order valence-electron chi connectivity index (χ2n) is 3.01. The summed E-state index contributed by atoms with van der Waals surface area (Å²) in [6.07, 6.45) is 0. The van der Waals surface area contributed by atoms with E-state index in [1.54, 1.807) is 6.07 Å². The van der Waals surface area contributed by atoms with Gasteiger partial charge in [-0.2, -0.15) is 0 Å². The van der Waals surface area contributed by atoms with Crippen LogP contribution >= 0.6 is 11.6 Å². The Balaban J connectivity index is 2.69. The summed E-state index contributed by atoms with van der Waals surface area (Å²) in [5.41, 5.74) is 0.392. The predicted octanol–water partition coefficient (Wildman–Crippen LogP) is 1.93. The number of carbonyl (C=O) groups excluding carboxylic acids is 1. The van der Waals surface area contributed by atoms with Gasteiger partial charge in [0.05, 0.1) is 14.2 Å². The smallest absolute Gasteiger partial charge is 0.207 e. The van der Waals surface area contributed by atoms with Gasteiger partial charge in [0.25, 0.3) is 0 Å². The van der Waals surface area contributed by atoms with Crippen LogP contribution in [0.3, 0.4) is 0 Å². The SMILES string of the molecule is COc1cc(OC)c2c(c1Cl)OCC2=O.